The molecule has 2 N–H and O–H groups in total. The highest BCUT2D eigenvalue weighted by atomic mass is 16.3. The van der Waals surface area contributed by atoms with E-state index in [2.05, 4.69) is 59.9 Å². The van der Waals surface area contributed by atoms with Crippen molar-refractivity contribution < 1.29 is 9.90 Å². The Balaban J connectivity index is 1.42. The number of fused-ring (bicyclic) bond motifs is 3. The Kier molecular flexibility index (Phi) is 7.15. The van der Waals surface area contributed by atoms with Crippen molar-refractivity contribution >= 4 is 11.5 Å². The van der Waals surface area contributed by atoms with Gasteiger partial charge in [0.1, 0.15) is 0 Å². The van der Waals surface area contributed by atoms with E-state index >= 15 is 0 Å². The molecule has 32 heavy (non-hydrogen) atoms. The third kappa shape index (κ3) is 4.82. The first-order chi connectivity index (χ1) is 15.7. The highest BCUT2D eigenvalue weighted by Crippen LogP contribution is 2.43. The lowest BCUT2D eigenvalue weighted by Crippen LogP contribution is -2.45. The van der Waals surface area contributed by atoms with Crippen molar-refractivity contribution in [3.05, 3.63) is 102 Å². The SMILES string of the molecule is CN(CCC=C1c2ccccc2-c2ccccc21)C(CCO)C(=O)NCc1ccccc1. The van der Waals surface area contributed by atoms with Crippen molar-refractivity contribution in [2.45, 2.75) is 25.4 Å². The van der Waals surface area contributed by atoms with Crippen molar-refractivity contribution in [1.29, 1.82) is 0 Å². The number of nitrogens with one attached hydrogen (secondary N) is 1. The van der Waals surface area contributed by atoms with Crippen LogP contribution >= 0.6 is 0 Å². The number of rotatable bonds is 9. The van der Waals surface area contributed by atoms with Gasteiger partial charge in [-0.05, 0) is 53.3 Å². The highest BCUT2D eigenvalue weighted by Gasteiger charge is 2.24. The molecule has 0 aliphatic heterocycles. The summed E-state index contributed by atoms with van der Waals surface area (Å²) in [4.78, 5) is 14.9. The normalized spacial score (nSPS) is 12.9. The van der Waals surface area contributed by atoms with Crippen LogP contribution in [0.5, 0.6) is 0 Å². The lowest BCUT2D eigenvalue weighted by Gasteiger charge is -2.26. The van der Waals surface area contributed by atoms with Gasteiger partial charge in [0.15, 0.2) is 0 Å². The van der Waals surface area contributed by atoms with Gasteiger partial charge in [-0.25, -0.2) is 0 Å². The van der Waals surface area contributed by atoms with Gasteiger partial charge in [-0.3, -0.25) is 9.69 Å². The third-order valence-corrected chi connectivity index (χ3v) is 6.10. The molecule has 0 heterocycles. The molecule has 0 saturated carbocycles. The van der Waals surface area contributed by atoms with E-state index in [0.717, 1.165) is 18.5 Å². The molecule has 0 radical (unpaired) electrons. The van der Waals surface area contributed by atoms with Crippen LogP contribution in [0.1, 0.15) is 29.5 Å². The Hall–Kier alpha value is -3.21. The molecule has 4 heteroatoms. The van der Waals surface area contributed by atoms with Gasteiger partial charge < -0.3 is 10.4 Å². The maximum Gasteiger partial charge on any atom is 0.237 e. The van der Waals surface area contributed by atoms with E-state index in [-0.39, 0.29) is 18.6 Å². The van der Waals surface area contributed by atoms with Gasteiger partial charge in [0, 0.05) is 19.7 Å². The summed E-state index contributed by atoms with van der Waals surface area (Å²) < 4.78 is 0. The molecule has 1 atom stereocenters. The number of carbonyl (C=O) groups excluding carboxylic acids is 1. The monoisotopic (exact) mass is 426 g/mol. The number of amides is 1. The maximum atomic E-state index is 12.8. The standard InChI is InChI=1S/C28H30N2O2/c1-30(27(17-19-31)28(32)29-20-21-10-3-2-4-11-21)18-9-16-26-24-14-7-5-12-22(24)23-13-6-8-15-25(23)26/h2-8,10-16,27,31H,9,17-20H2,1H3,(H,29,32). The first-order valence-electron chi connectivity index (χ1n) is 11.2. The molecule has 0 aromatic heterocycles. The summed E-state index contributed by atoms with van der Waals surface area (Å²) in [5.74, 6) is -0.0467. The zero-order valence-corrected chi connectivity index (χ0v) is 18.5. The fraction of sp³-hybridized carbons (Fsp3) is 0.250. The van der Waals surface area contributed by atoms with Crippen molar-refractivity contribution in [2.75, 3.05) is 20.2 Å². The Morgan fingerprint density at radius 1 is 0.906 bits per heavy atom. The van der Waals surface area contributed by atoms with Gasteiger partial charge in [0.05, 0.1) is 6.04 Å². The van der Waals surface area contributed by atoms with Crippen LogP contribution in [0.15, 0.2) is 84.9 Å². The number of aliphatic hydroxyl groups is 1. The minimum absolute atomic E-state index is 0.0183. The van der Waals surface area contributed by atoms with E-state index in [1.165, 1.54) is 27.8 Å². The van der Waals surface area contributed by atoms with E-state index in [0.29, 0.717) is 13.0 Å². The van der Waals surface area contributed by atoms with Crippen molar-refractivity contribution in [3.8, 4) is 11.1 Å². The molecule has 1 unspecified atom stereocenters. The molecule has 4 rings (SSSR count). The molecule has 1 aliphatic carbocycles. The molecular formula is C28H30N2O2. The van der Waals surface area contributed by atoms with Gasteiger partial charge in [0.25, 0.3) is 0 Å². The molecule has 0 bridgehead atoms. The van der Waals surface area contributed by atoms with E-state index in [1.807, 2.05) is 42.3 Å². The largest absolute Gasteiger partial charge is 0.396 e. The minimum Gasteiger partial charge on any atom is -0.396 e. The van der Waals surface area contributed by atoms with Crippen LogP contribution in [-0.2, 0) is 11.3 Å². The molecule has 3 aromatic carbocycles. The predicted molar refractivity (Wildman–Crippen MR) is 130 cm³/mol. The number of nitrogens with zero attached hydrogens (tertiary/aromatic N) is 1. The molecule has 164 valence electrons. The van der Waals surface area contributed by atoms with Crippen LogP contribution in [0.3, 0.4) is 0 Å². The minimum atomic E-state index is -0.356. The Morgan fingerprint density at radius 2 is 1.47 bits per heavy atom. The average molecular weight is 427 g/mol. The summed E-state index contributed by atoms with van der Waals surface area (Å²) in [7, 11) is 1.96. The van der Waals surface area contributed by atoms with Gasteiger partial charge in [-0.15, -0.1) is 0 Å². The number of benzene rings is 3. The van der Waals surface area contributed by atoms with Gasteiger partial charge in [0.2, 0.25) is 5.91 Å². The molecule has 3 aromatic rings. The number of carbonyl (C=O) groups is 1. The van der Waals surface area contributed by atoms with E-state index in [4.69, 9.17) is 0 Å². The Bertz CT molecular complexity index is 1040. The quantitative estimate of drug-likeness (QED) is 0.415. The van der Waals surface area contributed by atoms with Crippen LogP contribution in [0.2, 0.25) is 0 Å². The fourth-order valence-electron chi connectivity index (χ4n) is 4.42. The lowest BCUT2D eigenvalue weighted by molar-refractivity contribution is -0.126. The molecule has 0 saturated heterocycles. The number of hydrogen-bond donors (Lipinski definition) is 2. The molecule has 0 spiro atoms. The zero-order valence-electron chi connectivity index (χ0n) is 18.5. The summed E-state index contributed by atoms with van der Waals surface area (Å²) in [6, 6.07) is 26.6. The number of hydrogen-bond acceptors (Lipinski definition) is 3. The van der Waals surface area contributed by atoms with Crippen LogP contribution in [0.4, 0.5) is 0 Å². The predicted octanol–water partition coefficient (Wildman–Crippen LogP) is 4.49. The second-order valence-electron chi connectivity index (χ2n) is 8.21. The van der Waals surface area contributed by atoms with E-state index in [1.54, 1.807) is 0 Å². The van der Waals surface area contributed by atoms with Crippen LogP contribution < -0.4 is 5.32 Å². The van der Waals surface area contributed by atoms with Gasteiger partial charge in [-0.1, -0.05) is 84.9 Å². The van der Waals surface area contributed by atoms with Crippen LogP contribution in [0.25, 0.3) is 16.7 Å². The van der Waals surface area contributed by atoms with E-state index < -0.39 is 0 Å². The summed E-state index contributed by atoms with van der Waals surface area (Å²) >= 11 is 0. The van der Waals surface area contributed by atoms with Gasteiger partial charge in [-0.2, -0.15) is 0 Å². The summed E-state index contributed by atoms with van der Waals surface area (Å²) in [5, 5.41) is 12.5. The van der Waals surface area contributed by atoms with Gasteiger partial charge >= 0.3 is 0 Å². The Morgan fingerprint density at radius 3 is 2.06 bits per heavy atom. The second-order valence-corrected chi connectivity index (χ2v) is 8.21. The lowest BCUT2D eigenvalue weighted by atomic mass is 10.0. The molecule has 1 aliphatic rings. The summed E-state index contributed by atoms with van der Waals surface area (Å²) in [6.07, 6.45) is 3.51. The van der Waals surface area contributed by atoms with E-state index in [9.17, 15) is 9.90 Å². The first kappa shape index (κ1) is 22.0. The smallest absolute Gasteiger partial charge is 0.237 e. The van der Waals surface area contributed by atoms with Crippen molar-refractivity contribution in [3.63, 3.8) is 0 Å². The second kappa shape index (κ2) is 10.4. The fourth-order valence-corrected chi connectivity index (χ4v) is 4.42. The maximum absolute atomic E-state index is 12.8. The highest BCUT2D eigenvalue weighted by molar-refractivity contribution is 6.01. The molecule has 0 fully saturated rings. The average Bonchev–Trinajstić information content (AvgIpc) is 3.15. The third-order valence-electron chi connectivity index (χ3n) is 6.10. The summed E-state index contributed by atoms with van der Waals surface area (Å²) in [6.45, 7) is 1.21. The topological polar surface area (TPSA) is 52.6 Å². The van der Waals surface area contributed by atoms with Crippen LogP contribution in [0, 0.1) is 0 Å². The van der Waals surface area contributed by atoms with Crippen LogP contribution in [-0.4, -0.2) is 42.2 Å². The summed E-state index contributed by atoms with van der Waals surface area (Å²) in [5.41, 5.74) is 7.42. The van der Waals surface area contributed by atoms with Crippen molar-refractivity contribution in [1.82, 2.24) is 10.2 Å². The number of aliphatic hydroxyl groups excluding tert-OH is 1. The van der Waals surface area contributed by atoms with Crippen molar-refractivity contribution in [2.24, 2.45) is 0 Å². The molecule has 1 amide bonds. The molecule has 4 nitrogen and oxygen atoms in total. The first-order valence-corrected chi connectivity index (χ1v) is 11.2. The molecular weight excluding hydrogens is 396 g/mol. The Labute approximate surface area is 190 Å². The zero-order chi connectivity index (χ0) is 22.3. The number of likely N-dealkylation sites (N-methyl/N-ethyl adjacent to an activating group) is 1.